The van der Waals surface area contributed by atoms with Crippen molar-refractivity contribution < 1.29 is 4.74 Å². The highest BCUT2D eigenvalue weighted by Gasteiger charge is 2.02. The number of hydrogen-bond acceptors (Lipinski definition) is 4. The smallest absolute Gasteiger partial charge is 0.238 e. The lowest BCUT2D eigenvalue weighted by atomic mass is 10.1. The van der Waals surface area contributed by atoms with Gasteiger partial charge in [0.1, 0.15) is 5.82 Å². The lowest BCUT2D eigenvalue weighted by Gasteiger charge is -2.09. The average molecular weight is 223 g/mol. The fourth-order valence-corrected chi connectivity index (χ4v) is 1.44. The Hall–Kier alpha value is -1.45. The van der Waals surface area contributed by atoms with Crippen molar-refractivity contribution in [2.45, 2.75) is 26.7 Å². The van der Waals surface area contributed by atoms with Crippen LogP contribution in [-0.4, -0.2) is 18.6 Å². The van der Waals surface area contributed by atoms with Crippen molar-refractivity contribution in [3.8, 4) is 5.88 Å². The standard InChI is InChI=1S/C12H21N3O/c1-9(2)5-4-8-14-11-7-6-10(13)12(15-11)16-3/h6-7,9H,4-5,8,13H2,1-3H3,(H,14,15). The number of aromatic nitrogens is 1. The monoisotopic (exact) mass is 223 g/mol. The molecule has 0 amide bonds. The molecule has 1 aromatic heterocycles. The Morgan fingerprint density at radius 2 is 2.19 bits per heavy atom. The molecular formula is C12H21N3O. The molecule has 0 bridgehead atoms. The first-order valence-corrected chi connectivity index (χ1v) is 5.68. The van der Waals surface area contributed by atoms with Crippen LogP contribution in [0.4, 0.5) is 11.5 Å². The van der Waals surface area contributed by atoms with Crippen molar-refractivity contribution in [3.63, 3.8) is 0 Å². The largest absolute Gasteiger partial charge is 0.479 e. The maximum Gasteiger partial charge on any atom is 0.238 e. The Bertz CT molecular complexity index is 326. The fourth-order valence-electron chi connectivity index (χ4n) is 1.44. The Morgan fingerprint density at radius 3 is 2.81 bits per heavy atom. The third-order valence-corrected chi connectivity index (χ3v) is 2.35. The van der Waals surface area contributed by atoms with Gasteiger partial charge in [0.25, 0.3) is 0 Å². The second kappa shape index (κ2) is 6.20. The third kappa shape index (κ3) is 3.96. The topological polar surface area (TPSA) is 60.2 Å². The zero-order valence-electron chi connectivity index (χ0n) is 10.3. The molecule has 0 aliphatic heterocycles. The van der Waals surface area contributed by atoms with E-state index < -0.39 is 0 Å². The van der Waals surface area contributed by atoms with E-state index in [-0.39, 0.29) is 0 Å². The molecule has 4 nitrogen and oxygen atoms in total. The van der Waals surface area contributed by atoms with Gasteiger partial charge in [-0.15, -0.1) is 0 Å². The van der Waals surface area contributed by atoms with E-state index in [1.54, 1.807) is 13.2 Å². The molecule has 0 unspecified atom stereocenters. The van der Waals surface area contributed by atoms with Crippen LogP contribution < -0.4 is 15.8 Å². The van der Waals surface area contributed by atoms with Crippen molar-refractivity contribution >= 4 is 11.5 Å². The number of nitrogen functional groups attached to an aromatic ring is 1. The molecule has 0 aromatic carbocycles. The Kier molecular flexibility index (Phi) is 4.89. The molecule has 1 heterocycles. The first-order chi connectivity index (χ1) is 7.63. The summed E-state index contributed by atoms with van der Waals surface area (Å²) in [5, 5.41) is 3.26. The predicted octanol–water partition coefficient (Wildman–Crippen LogP) is 2.52. The number of pyridine rings is 1. The number of methoxy groups -OCH3 is 1. The minimum absolute atomic E-state index is 0.480. The fraction of sp³-hybridized carbons (Fsp3) is 0.583. The van der Waals surface area contributed by atoms with Crippen LogP contribution in [0.3, 0.4) is 0 Å². The van der Waals surface area contributed by atoms with Crippen molar-refractivity contribution in [1.82, 2.24) is 4.98 Å². The number of rotatable bonds is 6. The van der Waals surface area contributed by atoms with Crippen LogP contribution in [0.1, 0.15) is 26.7 Å². The quantitative estimate of drug-likeness (QED) is 0.727. The van der Waals surface area contributed by atoms with E-state index in [9.17, 15) is 0 Å². The molecule has 16 heavy (non-hydrogen) atoms. The molecule has 4 heteroatoms. The highest BCUT2D eigenvalue weighted by molar-refractivity contribution is 5.53. The highest BCUT2D eigenvalue weighted by Crippen LogP contribution is 2.20. The lowest BCUT2D eigenvalue weighted by molar-refractivity contribution is 0.401. The van der Waals surface area contributed by atoms with Crippen molar-refractivity contribution in [1.29, 1.82) is 0 Å². The van der Waals surface area contributed by atoms with Crippen LogP contribution in [0.5, 0.6) is 5.88 Å². The van der Waals surface area contributed by atoms with Gasteiger partial charge in [-0.25, -0.2) is 0 Å². The summed E-state index contributed by atoms with van der Waals surface area (Å²) in [6, 6.07) is 3.67. The van der Waals surface area contributed by atoms with Gasteiger partial charge in [-0.05, 0) is 30.9 Å². The van der Waals surface area contributed by atoms with Crippen molar-refractivity contribution in [3.05, 3.63) is 12.1 Å². The van der Waals surface area contributed by atoms with Gasteiger partial charge in [-0.1, -0.05) is 13.8 Å². The molecule has 3 N–H and O–H groups in total. The van der Waals surface area contributed by atoms with Crippen LogP contribution in [0, 0.1) is 5.92 Å². The Labute approximate surface area is 97.2 Å². The van der Waals surface area contributed by atoms with Crippen LogP contribution >= 0.6 is 0 Å². The molecule has 0 atom stereocenters. The minimum atomic E-state index is 0.480. The first-order valence-electron chi connectivity index (χ1n) is 5.68. The zero-order valence-corrected chi connectivity index (χ0v) is 10.3. The average Bonchev–Trinajstić information content (AvgIpc) is 2.26. The zero-order chi connectivity index (χ0) is 12.0. The van der Waals surface area contributed by atoms with Gasteiger partial charge in [0.2, 0.25) is 5.88 Å². The molecule has 0 saturated heterocycles. The molecule has 1 aromatic rings. The van der Waals surface area contributed by atoms with Gasteiger partial charge >= 0.3 is 0 Å². The Balaban J connectivity index is 2.42. The maximum absolute atomic E-state index is 5.68. The summed E-state index contributed by atoms with van der Waals surface area (Å²) in [7, 11) is 1.57. The summed E-state index contributed by atoms with van der Waals surface area (Å²) in [5.74, 6) is 2.04. The first kappa shape index (κ1) is 12.6. The molecule has 0 aliphatic rings. The van der Waals surface area contributed by atoms with Crippen LogP contribution in [0.15, 0.2) is 12.1 Å². The molecule has 1 rings (SSSR count). The summed E-state index contributed by atoms with van der Waals surface area (Å²) in [4.78, 5) is 4.25. The van der Waals surface area contributed by atoms with E-state index in [1.165, 1.54) is 6.42 Å². The van der Waals surface area contributed by atoms with Crippen molar-refractivity contribution in [2.75, 3.05) is 24.7 Å². The summed E-state index contributed by atoms with van der Waals surface area (Å²) in [6.45, 7) is 5.38. The minimum Gasteiger partial charge on any atom is -0.479 e. The van der Waals surface area contributed by atoms with Gasteiger partial charge in [0, 0.05) is 6.54 Å². The summed E-state index contributed by atoms with van der Waals surface area (Å²) < 4.78 is 5.05. The van der Waals surface area contributed by atoms with E-state index in [4.69, 9.17) is 10.5 Å². The molecule has 0 radical (unpaired) electrons. The van der Waals surface area contributed by atoms with E-state index in [1.807, 2.05) is 6.07 Å². The number of nitrogens with two attached hydrogens (primary N) is 1. The van der Waals surface area contributed by atoms with Gasteiger partial charge < -0.3 is 15.8 Å². The molecule has 90 valence electrons. The van der Waals surface area contributed by atoms with Gasteiger partial charge in [-0.2, -0.15) is 4.98 Å². The van der Waals surface area contributed by atoms with Gasteiger partial charge in [0.15, 0.2) is 0 Å². The third-order valence-electron chi connectivity index (χ3n) is 2.35. The lowest BCUT2D eigenvalue weighted by Crippen LogP contribution is -2.06. The van der Waals surface area contributed by atoms with Crippen LogP contribution in [0.25, 0.3) is 0 Å². The molecule has 0 spiro atoms. The molecular weight excluding hydrogens is 202 g/mol. The summed E-state index contributed by atoms with van der Waals surface area (Å²) in [6.07, 6.45) is 2.37. The number of ether oxygens (including phenoxy) is 1. The molecule has 0 fully saturated rings. The normalized spacial score (nSPS) is 10.5. The predicted molar refractivity (Wildman–Crippen MR) is 67.8 cm³/mol. The van der Waals surface area contributed by atoms with Crippen LogP contribution in [-0.2, 0) is 0 Å². The second-order valence-electron chi connectivity index (χ2n) is 4.26. The van der Waals surface area contributed by atoms with E-state index in [2.05, 4.69) is 24.1 Å². The number of hydrogen-bond donors (Lipinski definition) is 2. The van der Waals surface area contributed by atoms with E-state index in [0.29, 0.717) is 11.6 Å². The SMILES string of the molecule is COc1nc(NCCCC(C)C)ccc1N. The molecule has 0 saturated carbocycles. The Morgan fingerprint density at radius 1 is 1.44 bits per heavy atom. The summed E-state index contributed by atoms with van der Waals surface area (Å²) >= 11 is 0. The van der Waals surface area contributed by atoms with Gasteiger partial charge in [0.05, 0.1) is 12.8 Å². The molecule has 0 aliphatic carbocycles. The number of nitrogens with one attached hydrogen (secondary N) is 1. The maximum atomic E-state index is 5.68. The highest BCUT2D eigenvalue weighted by atomic mass is 16.5. The van der Waals surface area contributed by atoms with E-state index >= 15 is 0 Å². The van der Waals surface area contributed by atoms with Gasteiger partial charge in [-0.3, -0.25) is 0 Å². The summed E-state index contributed by atoms with van der Waals surface area (Å²) in [5.41, 5.74) is 6.24. The number of nitrogens with zero attached hydrogens (tertiary/aromatic N) is 1. The second-order valence-corrected chi connectivity index (χ2v) is 4.26. The van der Waals surface area contributed by atoms with Crippen molar-refractivity contribution in [2.24, 2.45) is 5.92 Å². The van der Waals surface area contributed by atoms with E-state index in [0.717, 1.165) is 24.7 Å². The number of anilines is 2. The van der Waals surface area contributed by atoms with Crippen LogP contribution in [0.2, 0.25) is 0 Å².